The lowest BCUT2D eigenvalue weighted by Crippen LogP contribution is -2.37. The smallest absolute Gasteiger partial charge is 0.328 e. The molecule has 0 heterocycles. The van der Waals surface area contributed by atoms with Crippen LogP contribution in [0.3, 0.4) is 0 Å². The molecule has 0 saturated heterocycles. The van der Waals surface area contributed by atoms with Gasteiger partial charge in [-0.3, -0.25) is 9.59 Å². The van der Waals surface area contributed by atoms with E-state index in [1.165, 1.54) is 4.90 Å². The molecular weight excluding hydrogens is 404 g/mol. The number of hydrogen-bond donors (Lipinski definition) is 3. The van der Waals surface area contributed by atoms with E-state index in [-0.39, 0.29) is 37.7 Å². The quantitative estimate of drug-likeness (QED) is 0.266. The van der Waals surface area contributed by atoms with Crippen LogP contribution in [0.15, 0.2) is 30.3 Å². The summed E-state index contributed by atoms with van der Waals surface area (Å²) in [5.41, 5.74) is 2.24. The predicted octanol–water partition coefficient (Wildman–Crippen LogP) is 2.21. The fourth-order valence-electron chi connectivity index (χ4n) is 2.82. The standard InChI is InChI=1S/C22H30N2O5S/c1-15(2)10-16-4-6-17(7-5-16)18(12-22(28)29)11-20(26)23-8-9-24(3)21(27)13-19(30)14-25/h4-7,12,14-15,19,30H,8-11,13H2,1-3H3,(H,23,26)(H,28,29)/b18-12+. The molecule has 164 valence electrons. The number of nitrogens with zero attached hydrogens (tertiary/aromatic N) is 1. The first-order chi connectivity index (χ1) is 14.1. The number of nitrogens with one attached hydrogen (secondary N) is 1. The summed E-state index contributed by atoms with van der Waals surface area (Å²) in [5.74, 6) is -1.19. The summed E-state index contributed by atoms with van der Waals surface area (Å²) in [6.07, 6.45) is 2.47. The number of likely N-dealkylation sites (N-methyl/N-ethyl adjacent to an activating group) is 1. The normalized spacial score (nSPS) is 12.4. The van der Waals surface area contributed by atoms with Crippen LogP contribution in [0.4, 0.5) is 0 Å². The van der Waals surface area contributed by atoms with Crippen LogP contribution in [0, 0.1) is 5.92 Å². The molecule has 0 aliphatic heterocycles. The molecular formula is C22H30N2O5S. The van der Waals surface area contributed by atoms with Gasteiger partial charge in [0.25, 0.3) is 0 Å². The zero-order valence-corrected chi connectivity index (χ0v) is 18.5. The third kappa shape index (κ3) is 9.73. The highest BCUT2D eigenvalue weighted by Crippen LogP contribution is 2.20. The Labute approximate surface area is 182 Å². The number of aliphatic carboxylic acids is 1. The van der Waals surface area contributed by atoms with E-state index in [0.717, 1.165) is 18.1 Å². The molecule has 1 rings (SSSR count). The van der Waals surface area contributed by atoms with Crippen molar-refractivity contribution in [2.45, 2.75) is 38.4 Å². The van der Waals surface area contributed by atoms with Gasteiger partial charge in [0.15, 0.2) is 0 Å². The van der Waals surface area contributed by atoms with Crippen LogP contribution >= 0.6 is 12.6 Å². The summed E-state index contributed by atoms with van der Waals surface area (Å²) in [5, 5.41) is 11.2. The van der Waals surface area contributed by atoms with Crippen molar-refractivity contribution in [1.29, 1.82) is 0 Å². The molecule has 2 amide bonds. The number of amides is 2. The van der Waals surface area contributed by atoms with Gasteiger partial charge in [0.05, 0.1) is 11.7 Å². The second-order valence-electron chi connectivity index (χ2n) is 7.55. The van der Waals surface area contributed by atoms with E-state index in [4.69, 9.17) is 5.11 Å². The molecule has 0 aromatic heterocycles. The zero-order chi connectivity index (χ0) is 22.7. The van der Waals surface area contributed by atoms with Crippen molar-refractivity contribution < 1.29 is 24.3 Å². The van der Waals surface area contributed by atoms with Crippen LogP contribution in [0.5, 0.6) is 0 Å². The predicted molar refractivity (Wildman–Crippen MR) is 119 cm³/mol. The third-order valence-electron chi connectivity index (χ3n) is 4.35. The number of carboxylic acids is 1. The van der Waals surface area contributed by atoms with Crippen LogP contribution in [-0.4, -0.2) is 59.5 Å². The molecule has 1 aromatic carbocycles. The maximum absolute atomic E-state index is 12.3. The van der Waals surface area contributed by atoms with Crippen molar-refractivity contribution in [3.05, 3.63) is 41.5 Å². The first-order valence-electron chi connectivity index (χ1n) is 9.79. The number of carboxylic acid groups (broad SMARTS) is 1. The van der Waals surface area contributed by atoms with Crippen LogP contribution in [-0.2, 0) is 25.6 Å². The van der Waals surface area contributed by atoms with E-state index < -0.39 is 11.2 Å². The Balaban J connectivity index is 2.65. The average molecular weight is 435 g/mol. The second-order valence-corrected chi connectivity index (χ2v) is 8.22. The van der Waals surface area contributed by atoms with Gasteiger partial charge in [0.1, 0.15) is 6.29 Å². The van der Waals surface area contributed by atoms with Gasteiger partial charge in [-0.1, -0.05) is 38.1 Å². The van der Waals surface area contributed by atoms with E-state index >= 15 is 0 Å². The number of aldehydes is 1. The summed E-state index contributed by atoms with van der Waals surface area (Å²) in [6.45, 7) is 4.73. The van der Waals surface area contributed by atoms with Gasteiger partial charge in [0.2, 0.25) is 11.8 Å². The summed E-state index contributed by atoms with van der Waals surface area (Å²) < 4.78 is 0. The minimum Gasteiger partial charge on any atom is -0.478 e. The molecule has 30 heavy (non-hydrogen) atoms. The van der Waals surface area contributed by atoms with Crippen molar-refractivity contribution in [2.24, 2.45) is 5.92 Å². The maximum Gasteiger partial charge on any atom is 0.328 e. The molecule has 1 atom stereocenters. The molecule has 1 aromatic rings. The van der Waals surface area contributed by atoms with Crippen LogP contribution in [0.2, 0.25) is 0 Å². The number of carbonyl (C=O) groups excluding carboxylic acids is 3. The molecule has 0 spiro atoms. The number of carbonyl (C=O) groups is 4. The molecule has 0 aliphatic rings. The number of hydrogen-bond acceptors (Lipinski definition) is 5. The minimum absolute atomic E-state index is 0.00460. The van der Waals surface area contributed by atoms with Crippen molar-refractivity contribution >= 4 is 42.3 Å². The fourth-order valence-corrected chi connectivity index (χ4v) is 2.97. The van der Waals surface area contributed by atoms with Crippen molar-refractivity contribution in [1.82, 2.24) is 10.2 Å². The monoisotopic (exact) mass is 434 g/mol. The van der Waals surface area contributed by atoms with E-state index in [0.29, 0.717) is 23.3 Å². The minimum atomic E-state index is -1.12. The van der Waals surface area contributed by atoms with E-state index in [1.807, 2.05) is 24.3 Å². The van der Waals surface area contributed by atoms with Crippen LogP contribution in [0.25, 0.3) is 5.57 Å². The van der Waals surface area contributed by atoms with Gasteiger partial charge in [-0.25, -0.2) is 4.79 Å². The molecule has 0 aliphatic carbocycles. The first-order valence-corrected chi connectivity index (χ1v) is 10.3. The zero-order valence-electron chi connectivity index (χ0n) is 17.6. The van der Waals surface area contributed by atoms with Gasteiger partial charge in [-0.2, -0.15) is 12.6 Å². The Morgan fingerprint density at radius 2 is 1.83 bits per heavy atom. The summed E-state index contributed by atoms with van der Waals surface area (Å²) in [4.78, 5) is 47.4. The lowest BCUT2D eigenvalue weighted by Gasteiger charge is -2.18. The van der Waals surface area contributed by atoms with Crippen molar-refractivity contribution in [3.8, 4) is 0 Å². The fraction of sp³-hybridized carbons (Fsp3) is 0.455. The lowest BCUT2D eigenvalue weighted by atomic mass is 9.97. The third-order valence-corrected chi connectivity index (χ3v) is 4.66. The van der Waals surface area contributed by atoms with Gasteiger partial charge >= 0.3 is 5.97 Å². The molecule has 0 fully saturated rings. The molecule has 2 N–H and O–H groups in total. The topological polar surface area (TPSA) is 104 Å². The number of benzene rings is 1. The van der Waals surface area contributed by atoms with Gasteiger partial charge in [-0.05, 0) is 29.0 Å². The molecule has 7 nitrogen and oxygen atoms in total. The summed E-state index contributed by atoms with van der Waals surface area (Å²) in [6, 6.07) is 7.54. The van der Waals surface area contributed by atoms with E-state index in [2.05, 4.69) is 31.8 Å². The number of rotatable bonds is 12. The van der Waals surface area contributed by atoms with Gasteiger partial charge in [0, 0.05) is 32.6 Å². The Morgan fingerprint density at radius 1 is 1.20 bits per heavy atom. The molecule has 0 radical (unpaired) electrons. The SMILES string of the molecule is CC(C)Cc1ccc(/C(=C/C(=O)O)CC(=O)NCCN(C)C(=O)CC(S)C=O)cc1. The van der Waals surface area contributed by atoms with Gasteiger partial charge < -0.3 is 20.1 Å². The summed E-state index contributed by atoms with van der Waals surface area (Å²) >= 11 is 3.97. The highest BCUT2D eigenvalue weighted by molar-refractivity contribution is 7.81. The summed E-state index contributed by atoms with van der Waals surface area (Å²) in [7, 11) is 1.58. The Kier molecular flexibility index (Phi) is 10.9. The van der Waals surface area contributed by atoms with Crippen molar-refractivity contribution in [2.75, 3.05) is 20.1 Å². The molecule has 1 unspecified atom stereocenters. The Bertz CT molecular complexity index is 774. The Hall–Kier alpha value is -2.61. The first kappa shape index (κ1) is 25.4. The van der Waals surface area contributed by atoms with Crippen molar-refractivity contribution in [3.63, 3.8) is 0 Å². The number of thiol groups is 1. The lowest BCUT2D eigenvalue weighted by molar-refractivity contribution is -0.131. The highest BCUT2D eigenvalue weighted by Gasteiger charge is 2.14. The van der Waals surface area contributed by atoms with E-state index in [9.17, 15) is 19.2 Å². The molecule has 0 bridgehead atoms. The second kappa shape index (κ2) is 12.8. The van der Waals surface area contributed by atoms with Crippen LogP contribution in [0.1, 0.15) is 37.8 Å². The molecule has 8 heteroatoms. The van der Waals surface area contributed by atoms with Gasteiger partial charge in [-0.15, -0.1) is 0 Å². The Morgan fingerprint density at radius 3 is 2.37 bits per heavy atom. The maximum atomic E-state index is 12.3. The van der Waals surface area contributed by atoms with E-state index in [1.54, 1.807) is 7.05 Å². The largest absolute Gasteiger partial charge is 0.478 e. The van der Waals surface area contributed by atoms with Crippen LogP contribution < -0.4 is 5.32 Å². The molecule has 0 saturated carbocycles. The average Bonchev–Trinajstić information content (AvgIpc) is 2.66. The highest BCUT2D eigenvalue weighted by atomic mass is 32.1.